The number of rotatable bonds is 4. The van der Waals surface area contributed by atoms with Crippen molar-refractivity contribution >= 4 is 16.8 Å². The van der Waals surface area contributed by atoms with Gasteiger partial charge in [-0.1, -0.05) is 18.2 Å². The molecule has 1 N–H and O–H groups in total. The van der Waals surface area contributed by atoms with Gasteiger partial charge < -0.3 is 19.5 Å². The zero-order valence-electron chi connectivity index (χ0n) is 17.9. The number of nitrogens with zero attached hydrogens (tertiary/aromatic N) is 2. The number of methoxy groups -OCH3 is 1. The summed E-state index contributed by atoms with van der Waals surface area (Å²) in [5.41, 5.74) is 3.80. The molecule has 1 unspecified atom stereocenters. The first-order valence-electron chi connectivity index (χ1n) is 10.8. The second-order valence-corrected chi connectivity index (χ2v) is 8.72. The number of piperidine rings is 1. The Morgan fingerprint density at radius 2 is 1.67 bits per heavy atom. The van der Waals surface area contributed by atoms with Crippen molar-refractivity contribution in [3.63, 3.8) is 0 Å². The molecule has 3 aromatic rings. The highest BCUT2D eigenvalue weighted by molar-refractivity contribution is 6.12. The van der Waals surface area contributed by atoms with Crippen LogP contribution in [0.2, 0.25) is 0 Å². The SMILES string of the molecule is COc1ccc(-c2c(C(=O)NC3C[C@H]4CC[C@@H](C3)N4C)c3ccccc3n2C)cc1. The number of benzene rings is 2. The average Bonchev–Trinajstić information content (AvgIpc) is 3.15. The number of para-hydroxylation sites is 1. The molecule has 1 amide bonds. The molecule has 2 bridgehead atoms. The maximum Gasteiger partial charge on any atom is 0.254 e. The van der Waals surface area contributed by atoms with E-state index in [-0.39, 0.29) is 11.9 Å². The molecule has 5 nitrogen and oxygen atoms in total. The van der Waals surface area contributed by atoms with Crippen LogP contribution in [0.1, 0.15) is 36.0 Å². The van der Waals surface area contributed by atoms with Crippen molar-refractivity contribution in [1.29, 1.82) is 0 Å². The molecular weight excluding hydrogens is 374 g/mol. The number of aromatic nitrogens is 1. The monoisotopic (exact) mass is 403 g/mol. The Bertz CT molecular complexity index is 1070. The molecular formula is C25H29N3O2. The van der Waals surface area contributed by atoms with Crippen LogP contribution in [0.3, 0.4) is 0 Å². The van der Waals surface area contributed by atoms with Crippen molar-refractivity contribution in [2.24, 2.45) is 7.05 Å². The Balaban J connectivity index is 1.53. The van der Waals surface area contributed by atoms with Crippen molar-refractivity contribution in [3.8, 4) is 17.0 Å². The van der Waals surface area contributed by atoms with Crippen LogP contribution in [0.25, 0.3) is 22.2 Å². The number of ether oxygens (including phenoxy) is 1. The maximum absolute atomic E-state index is 13.6. The molecule has 0 spiro atoms. The molecule has 3 atom stereocenters. The van der Waals surface area contributed by atoms with E-state index in [0.717, 1.165) is 46.3 Å². The van der Waals surface area contributed by atoms with Crippen molar-refractivity contribution in [1.82, 2.24) is 14.8 Å². The number of aryl methyl sites for hydroxylation is 1. The fourth-order valence-corrected chi connectivity index (χ4v) is 5.50. The first-order valence-corrected chi connectivity index (χ1v) is 10.8. The van der Waals surface area contributed by atoms with E-state index >= 15 is 0 Å². The molecule has 30 heavy (non-hydrogen) atoms. The summed E-state index contributed by atoms with van der Waals surface area (Å²) in [5.74, 6) is 0.844. The largest absolute Gasteiger partial charge is 0.497 e. The van der Waals surface area contributed by atoms with E-state index in [1.165, 1.54) is 12.8 Å². The fraction of sp³-hybridized carbons (Fsp3) is 0.400. The van der Waals surface area contributed by atoms with Crippen LogP contribution in [0, 0.1) is 0 Å². The Morgan fingerprint density at radius 1 is 1.00 bits per heavy atom. The number of amides is 1. The Kier molecular flexibility index (Phi) is 4.78. The minimum absolute atomic E-state index is 0.0339. The van der Waals surface area contributed by atoms with Gasteiger partial charge in [-0.05, 0) is 68.6 Å². The van der Waals surface area contributed by atoms with Crippen molar-refractivity contribution < 1.29 is 9.53 Å². The second-order valence-electron chi connectivity index (χ2n) is 8.72. The van der Waals surface area contributed by atoms with Gasteiger partial charge in [-0.2, -0.15) is 0 Å². The van der Waals surface area contributed by atoms with E-state index in [1.807, 2.05) is 43.4 Å². The van der Waals surface area contributed by atoms with Crippen molar-refractivity contribution in [2.75, 3.05) is 14.2 Å². The molecule has 2 fully saturated rings. The van der Waals surface area contributed by atoms with Crippen LogP contribution >= 0.6 is 0 Å². The molecule has 5 rings (SSSR count). The molecule has 5 heteroatoms. The topological polar surface area (TPSA) is 46.5 Å². The maximum atomic E-state index is 13.6. The highest BCUT2D eigenvalue weighted by atomic mass is 16.5. The summed E-state index contributed by atoms with van der Waals surface area (Å²) < 4.78 is 7.45. The summed E-state index contributed by atoms with van der Waals surface area (Å²) in [5, 5.41) is 4.39. The molecule has 3 heterocycles. The highest BCUT2D eigenvalue weighted by Gasteiger charge is 2.39. The number of nitrogens with one attached hydrogen (secondary N) is 1. The number of hydrogen-bond donors (Lipinski definition) is 1. The standard InChI is InChI=1S/C25H29N3O2/c1-27-18-10-11-19(27)15-17(14-18)26-25(29)23-21-6-4-5-7-22(21)28(2)24(23)16-8-12-20(30-3)13-9-16/h4-9,12-13,17-19H,10-11,14-15H2,1-3H3,(H,26,29)/t17?,18-,19+. The van der Waals surface area contributed by atoms with Gasteiger partial charge in [-0.15, -0.1) is 0 Å². The predicted octanol–water partition coefficient (Wildman–Crippen LogP) is 4.21. The summed E-state index contributed by atoms with van der Waals surface area (Å²) in [4.78, 5) is 16.1. The fourth-order valence-electron chi connectivity index (χ4n) is 5.50. The lowest BCUT2D eigenvalue weighted by Gasteiger charge is -2.36. The zero-order valence-corrected chi connectivity index (χ0v) is 17.9. The Morgan fingerprint density at radius 3 is 2.33 bits per heavy atom. The first kappa shape index (κ1) is 19.2. The number of fused-ring (bicyclic) bond motifs is 3. The van der Waals surface area contributed by atoms with E-state index in [0.29, 0.717) is 12.1 Å². The lowest BCUT2D eigenvalue weighted by atomic mass is 9.97. The third-order valence-corrected chi connectivity index (χ3v) is 7.13. The molecule has 1 aromatic heterocycles. The third kappa shape index (κ3) is 3.08. The van der Waals surface area contributed by atoms with Gasteiger partial charge in [0.1, 0.15) is 5.75 Å². The van der Waals surface area contributed by atoms with Gasteiger partial charge in [0.25, 0.3) is 5.91 Å². The van der Waals surface area contributed by atoms with Gasteiger partial charge in [0.2, 0.25) is 0 Å². The van der Waals surface area contributed by atoms with E-state index in [4.69, 9.17) is 4.74 Å². The first-order chi connectivity index (χ1) is 14.6. The number of carbonyl (C=O) groups excluding carboxylic acids is 1. The molecule has 156 valence electrons. The number of hydrogen-bond acceptors (Lipinski definition) is 3. The molecule has 2 aliphatic rings. The van der Waals surface area contributed by atoms with Crippen LogP contribution < -0.4 is 10.1 Å². The molecule has 0 radical (unpaired) electrons. The molecule has 2 aromatic carbocycles. The summed E-state index contributed by atoms with van der Waals surface area (Å²) in [6, 6.07) is 17.6. The van der Waals surface area contributed by atoms with Gasteiger partial charge in [-0.25, -0.2) is 0 Å². The van der Waals surface area contributed by atoms with Gasteiger partial charge in [0.05, 0.1) is 18.4 Å². The van der Waals surface area contributed by atoms with Gasteiger partial charge in [-0.3, -0.25) is 4.79 Å². The third-order valence-electron chi connectivity index (χ3n) is 7.13. The molecule has 2 aliphatic heterocycles. The highest BCUT2D eigenvalue weighted by Crippen LogP contribution is 2.36. The van der Waals surface area contributed by atoms with Crippen molar-refractivity contribution in [2.45, 2.75) is 43.8 Å². The average molecular weight is 404 g/mol. The van der Waals surface area contributed by atoms with Gasteiger partial charge in [0, 0.05) is 36.1 Å². The van der Waals surface area contributed by atoms with Crippen molar-refractivity contribution in [3.05, 3.63) is 54.1 Å². The van der Waals surface area contributed by atoms with E-state index < -0.39 is 0 Å². The Labute approximate surface area is 177 Å². The number of carbonyl (C=O) groups is 1. The minimum Gasteiger partial charge on any atom is -0.497 e. The minimum atomic E-state index is 0.0339. The molecule has 2 saturated heterocycles. The summed E-state index contributed by atoms with van der Waals surface area (Å²) in [6.07, 6.45) is 4.58. The van der Waals surface area contributed by atoms with E-state index in [9.17, 15) is 4.79 Å². The lowest BCUT2D eigenvalue weighted by Crippen LogP contribution is -2.48. The zero-order chi connectivity index (χ0) is 20.8. The smallest absolute Gasteiger partial charge is 0.254 e. The van der Waals surface area contributed by atoms with Gasteiger partial charge in [0.15, 0.2) is 0 Å². The van der Waals surface area contributed by atoms with Crippen LogP contribution in [0.4, 0.5) is 0 Å². The van der Waals surface area contributed by atoms with E-state index in [2.05, 4.69) is 34.0 Å². The lowest BCUT2D eigenvalue weighted by molar-refractivity contribution is 0.0884. The molecule has 0 saturated carbocycles. The second kappa shape index (κ2) is 7.47. The van der Waals surface area contributed by atoms with Crippen LogP contribution in [0.15, 0.2) is 48.5 Å². The quantitative estimate of drug-likeness (QED) is 0.710. The van der Waals surface area contributed by atoms with Gasteiger partial charge >= 0.3 is 0 Å². The Hall–Kier alpha value is -2.79. The summed E-state index contributed by atoms with van der Waals surface area (Å²) in [7, 11) is 5.93. The van der Waals surface area contributed by atoms with Crippen LogP contribution in [0.5, 0.6) is 5.75 Å². The van der Waals surface area contributed by atoms with E-state index in [1.54, 1.807) is 7.11 Å². The van der Waals surface area contributed by atoms with Crippen LogP contribution in [-0.2, 0) is 7.05 Å². The predicted molar refractivity (Wildman–Crippen MR) is 120 cm³/mol. The normalized spacial score (nSPS) is 23.6. The summed E-state index contributed by atoms with van der Waals surface area (Å²) in [6.45, 7) is 0. The van der Waals surface area contributed by atoms with Crippen LogP contribution in [-0.4, -0.2) is 47.7 Å². The summed E-state index contributed by atoms with van der Waals surface area (Å²) >= 11 is 0. The molecule has 0 aliphatic carbocycles.